The highest BCUT2D eigenvalue weighted by Gasteiger charge is 2.50. The summed E-state index contributed by atoms with van der Waals surface area (Å²) in [6.07, 6.45) is -15.6. The number of hydrogen-bond donors (Lipinski definition) is 10. The molecule has 5 rings (SSSR count). The molecule has 2 aromatic rings. The van der Waals surface area contributed by atoms with Crippen molar-refractivity contribution in [3.63, 3.8) is 0 Å². The number of methoxy groups -OCH3 is 2. The summed E-state index contributed by atoms with van der Waals surface area (Å²) in [6, 6.07) is 9.36. The minimum Gasteiger partial charge on any atom is -0.493 e. The molecule has 3 fully saturated rings. The number of rotatable bonds is 12. The molecule has 3 heterocycles. The number of benzene rings is 2. The molecular weight excluding hydrogens is 656 g/mol. The van der Waals surface area contributed by atoms with E-state index in [0.717, 1.165) is 0 Å². The van der Waals surface area contributed by atoms with E-state index in [1.165, 1.54) is 26.4 Å². The smallest absolute Gasteiger partial charge is 0.229 e. The minimum atomic E-state index is -1.64. The summed E-state index contributed by atoms with van der Waals surface area (Å²) in [4.78, 5) is 0. The Hall–Kier alpha value is -2.88. The number of ether oxygens (including phenoxy) is 7. The first-order chi connectivity index (χ1) is 23.4. The lowest BCUT2D eigenvalue weighted by molar-refractivity contribution is -0.277. The Kier molecular flexibility index (Phi) is 11.9. The third-order valence-corrected chi connectivity index (χ3v) is 9.20. The van der Waals surface area contributed by atoms with Crippen molar-refractivity contribution in [3.05, 3.63) is 47.5 Å². The van der Waals surface area contributed by atoms with Crippen molar-refractivity contribution in [2.75, 3.05) is 40.6 Å². The molecule has 17 heteroatoms. The first-order valence-corrected chi connectivity index (χ1v) is 15.6. The van der Waals surface area contributed by atoms with Crippen LogP contribution < -0.4 is 18.9 Å². The van der Waals surface area contributed by atoms with E-state index in [0.29, 0.717) is 11.1 Å². The van der Waals surface area contributed by atoms with Crippen LogP contribution in [0.5, 0.6) is 23.0 Å². The van der Waals surface area contributed by atoms with Gasteiger partial charge in [0.15, 0.2) is 23.0 Å². The van der Waals surface area contributed by atoms with Gasteiger partial charge in [-0.1, -0.05) is 12.1 Å². The molecule has 10 N–H and O–H groups in total. The Bertz CT molecular complexity index is 1390. The fourth-order valence-electron chi connectivity index (χ4n) is 6.33. The number of hydrogen-bond acceptors (Lipinski definition) is 17. The van der Waals surface area contributed by atoms with Crippen LogP contribution in [0.3, 0.4) is 0 Å². The van der Waals surface area contributed by atoms with Gasteiger partial charge in [0.2, 0.25) is 12.6 Å². The Morgan fingerprint density at radius 2 is 1.16 bits per heavy atom. The van der Waals surface area contributed by atoms with Crippen LogP contribution in [0.15, 0.2) is 36.4 Å². The zero-order chi connectivity index (χ0) is 35.6. The second-order valence-electron chi connectivity index (χ2n) is 12.3. The quantitative estimate of drug-likeness (QED) is 0.104. The van der Waals surface area contributed by atoms with Gasteiger partial charge in [0.1, 0.15) is 48.8 Å². The van der Waals surface area contributed by atoms with E-state index in [1.54, 1.807) is 24.3 Å². The molecule has 17 nitrogen and oxygen atoms in total. The van der Waals surface area contributed by atoms with Crippen LogP contribution in [0.4, 0.5) is 0 Å². The van der Waals surface area contributed by atoms with Crippen LogP contribution in [0.2, 0.25) is 0 Å². The van der Waals surface area contributed by atoms with E-state index in [1.807, 2.05) is 0 Å². The Morgan fingerprint density at radius 3 is 1.65 bits per heavy atom. The molecule has 274 valence electrons. The maximum atomic E-state index is 11.7. The van der Waals surface area contributed by atoms with Gasteiger partial charge in [-0.3, -0.25) is 0 Å². The van der Waals surface area contributed by atoms with E-state index >= 15 is 0 Å². The van der Waals surface area contributed by atoms with Crippen LogP contribution in [-0.4, -0.2) is 159 Å². The van der Waals surface area contributed by atoms with Crippen molar-refractivity contribution in [2.45, 2.75) is 79.5 Å². The predicted molar refractivity (Wildman–Crippen MR) is 163 cm³/mol. The molecule has 0 aromatic heterocycles. The van der Waals surface area contributed by atoms with Gasteiger partial charge >= 0.3 is 0 Å². The highest BCUT2D eigenvalue weighted by Crippen LogP contribution is 2.45. The van der Waals surface area contributed by atoms with Crippen molar-refractivity contribution in [3.8, 4) is 23.0 Å². The van der Waals surface area contributed by atoms with Crippen LogP contribution >= 0.6 is 0 Å². The van der Waals surface area contributed by atoms with Crippen molar-refractivity contribution in [1.29, 1.82) is 0 Å². The largest absolute Gasteiger partial charge is 0.493 e. The lowest BCUT2D eigenvalue weighted by atomic mass is 9.80. The van der Waals surface area contributed by atoms with Gasteiger partial charge < -0.3 is 84.2 Å². The predicted octanol–water partition coefficient (Wildman–Crippen LogP) is -3.29. The molecule has 3 aliphatic rings. The monoisotopic (exact) mass is 700 g/mol. The average Bonchev–Trinajstić information content (AvgIpc) is 3.44. The van der Waals surface area contributed by atoms with Crippen LogP contribution in [0.1, 0.15) is 17.2 Å². The summed E-state index contributed by atoms with van der Waals surface area (Å²) in [6.45, 7) is -1.86. The Balaban J connectivity index is 1.30. The molecule has 0 spiro atoms. The average molecular weight is 701 g/mol. The third kappa shape index (κ3) is 7.45. The standard InChI is InChI=1S/C32H44O17/c1-43-19-7-14(3-5-17(19)46-30-27(40)25(38)23(36)21(11-34)48-30)9-32(42)13-45-29(16(32)10-33)15-4-6-18(20(8-15)44-2)47-31-28(41)26(39)24(37)22(12-35)49-31/h3-8,16,21-31,33-42H,9-13H2,1-2H3/t16?,21-,22-,23-,24-,25-,26-,27-,28-,29?,30-,31-,32?/m1/s1. The molecule has 13 atom stereocenters. The van der Waals surface area contributed by atoms with E-state index in [9.17, 15) is 51.1 Å². The number of aliphatic hydroxyl groups excluding tert-OH is 9. The summed E-state index contributed by atoms with van der Waals surface area (Å²) in [5, 5.41) is 102. The Morgan fingerprint density at radius 1 is 0.653 bits per heavy atom. The van der Waals surface area contributed by atoms with Crippen molar-refractivity contribution in [1.82, 2.24) is 0 Å². The zero-order valence-electron chi connectivity index (χ0n) is 26.8. The molecule has 0 radical (unpaired) electrons. The van der Waals surface area contributed by atoms with E-state index < -0.39 is 98.9 Å². The normalized spacial score (nSPS) is 37.9. The van der Waals surface area contributed by atoms with Crippen molar-refractivity contribution in [2.24, 2.45) is 5.92 Å². The maximum Gasteiger partial charge on any atom is 0.229 e. The Labute approximate surface area is 281 Å². The van der Waals surface area contributed by atoms with Gasteiger partial charge in [0.25, 0.3) is 0 Å². The molecule has 0 saturated carbocycles. The maximum absolute atomic E-state index is 11.7. The first-order valence-electron chi connectivity index (χ1n) is 15.6. The molecule has 0 bridgehead atoms. The fraction of sp³-hybridized carbons (Fsp3) is 0.625. The summed E-state index contributed by atoms with van der Waals surface area (Å²) in [7, 11) is 2.74. The summed E-state index contributed by atoms with van der Waals surface area (Å²) >= 11 is 0. The van der Waals surface area contributed by atoms with Crippen molar-refractivity contribution < 1.29 is 84.2 Å². The molecule has 3 saturated heterocycles. The molecule has 0 aliphatic carbocycles. The third-order valence-electron chi connectivity index (χ3n) is 9.20. The van der Waals surface area contributed by atoms with E-state index in [-0.39, 0.29) is 36.0 Å². The van der Waals surface area contributed by atoms with E-state index in [4.69, 9.17) is 33.2 Å². The highest BCUT2D eigenvalue weighted by atomic mass is 16.7. The summed E-state index contributed by atoms with van der Waals surface area (Å²) in [5.74, 6) is -0.244. The minimum absolute atomic E-state index is 0.0147. The van der Waals surface area contributed by atoms with Crippen LogP contribution in [-0.2, 0) is 20.6 Å². The molecular formula is C32H44O17. The summed E-state index contributed by atoms with van der Waals surface area (Å²) < 4.78 is 39.2. The van der Waals surface area contributed by atoms with Gasteiger partial charge in [-0.05, 0) is 35.4 Å². The molecule has 3 unspecified atom stereocenters. The van der Waals surface area contributed by atoms with Crippen LogP contribution in [0.25, 0.3) is 0 Å². The second-order valence-corrected chi connectivity index (χ2v) is 12.3. The second kappa shape index (κ2) is 15.6. The molecule has 49 heavy (non-hydrogen) atoms. The van der Waals surface area contributed by atoms with E-state index in [2.05, 4.69) is 0 Å². The fourth-order valence-corrected chi connectivity index (χ4v) is 6.33. The lowest BCUT2D eigenvalue weighted by Gasteiger charge is -2.39. The van der Waals surface area contributed by atoms with Gasteiger partial charge in [-0.25, -0.2) is 0 Å². The SMILES string of the molecule is COc1cc(CC2(O)COC(c3ccc(O[C@@H]4O[C@H](CO)[C@@H](O)[C@@H](O)[C@H]4O)c(OC)c3)C2CO)ccc1O[C@@H]1O[C@H](CO)[C@@H](O)[C@@H](O)[C@H]1O. The number of aliphatic hydroxyl groups is 10. The van der Waals surface area contributed by atoms with Gasteiger partial charge in [-0.2, -0.15) is 0 Å². The van der Waals surface area contributed by atoms with Crippen LogP contribution in [0, 0.1) is 5.92 Å². The molecule has 0 amide bonds. The van der Waals surface area contributed by atoms with Crippen molar-refractivity contribution >= 4 is 0 Å². The van der Waals surface area contributed by atoms with Gasteiger partial charge in [0, 0.05) is 12.3 Å². The zero-order valence-corrected chi connectivity index (χ0v) is 26.8. The van der Waals surface area contributed by atoms with Gasteiger partial charge in [-0.15, -0.1) is 0 Å². The summed E-state index contributed by atoms with van der Waals surface area (Å²) in [5.41, 5.74) is -0.457. The first kappa shape index (κ1) is 37.4. The highest BCUT2D eigenvalue weighted by molar-refractivity contribution is 5.45. The molecule has 3 aliphatic heterocycles. The topological polar surface area (TPSA) is 267 Å². The lowest BCUT2D eigenvalue weighted by Crippen LogP contribution is -2.60. The van der Waals surface area contributed by atoms with Gasteiger partial charge in [0.05, 0.1) is 52.4 Å². The molecule has 2 aromatic carbocycles.